The summed E-state index contributed by atoms with van der Waals surface area (Å²) in [5.74, 6) is -0.903. The number of benzene rings is 1. The number of carbonyl (C=O) groups is 3. The summed E-state index contributed by atoms with van der Waals surface area (Å²) in [6.45, 7) is 3.82. The number of likely N-dealkylation sites (tertiary alicyclic amines) is 1. The van der Waals surface area contributed by atoms with Crippen LogP contribution in [0, 0.1) is 0 Å². The number of piperidine rings is 2. The lowest BCUT2D eigenvalue weighted by Crippen LogP contribution is -2.52. The number of carbonyl (C=O) groups excluding carboxylic acids is 3. The Bertz CT molecular complexity index is 1490. The Morgan fingerprint density at radius 3 is 2.62 bits per heavy atom. The lowest BCUT2D eigenvalue weighted by molar-refractivity contribution is -0.136. The molecule has 0 bridgehead atoms. The molecule has 6 heterocycles. The summed E-state index contributed by atoms with van der Waals surface area (Å²) in [7, 11) is 0. The first-order chi connectivity index (χ1) is 18.9. The molecule has 3 amide bonds. The number of amides is 3. The first-order valence-electron chi connectivity index (χ1n) is 13.7. The quantitative estimate of drug-likeness (QED) is 0.509. The zero-order chi connectivity index (χ0) is 26.7. The van der Waals surface area contributed by atoms with Crippen LogP contribution in [0.4, 0.5) is 4.39 Å². The molecule has 39 heavy (non-hydrogen) atoms. The molecule has 1 atom stereocenters. The van der Waals surface area contributed by atoms with Gasteiger partial charge >= 0.3 is 0 Å². The largest absolute Gasteiger partial charge is 0.377 e. The number of aromatic nitrogens is 2. The highest BCUT2D eigenvalue weighted by molar-refractivity contribution is 6.05. The Hall–Kier alpha value is -3.63. The van der Waals surface area contributed by atoms with Crippen molar-refractivity contribution in [2.24, 2.45) is 0 Å². The number of fused-ring (bicyclic) bond motifs is 2. The molecular formula is C29H30FN5O4. The van der Waals surface area contributed by atoms with Crippen molar-refractivity contribution in [1.82, 2.24) is 24.7 Å². The molecular weight excluding hydrogens is 501 g/mol. The van der Waals surface area contributed by atoms with Gasteiger partial charge in [-0.15, -0.1) is 0 Å². The van der Waals surface area contributed by atoms with Crippen molar-refractivity contribution in [2.75, 3.05) is 26.3 Å². The van der Waals surface area contributed by atoms with E-state index in [4.69, 9.17) is 9.72 Å². The molecule has 3 aromatic rings. The highest BCUT2D eigenvalue weighted by atomic mass is 19.1. The van der Waals surface area contributed by atoms with E-state index in [9.17, 15) is 18.8 Å². The molecule has 4 aliphatic heterocycles. The maximum atomic E-state index is 13.8. The van der Waals surface area contributed by atoms with Crippen molar-refractivity contribution >= 4 is 28.8 Å². The van der Waals surface area contributed by atoms with Crippen LogP contribution in [0.3, 0.4) is 0 Å². The molecule has 202 valence electrons. The first-order valence-corrected chi connectivity index (χ1v) is 13.7. The van der Waals surface area contributed by atoms with Gasteiger partial charge in [0.1, 0.15) is 17.9 Å². The summed E-state index contributed by atoms with van der Waals surface area (Å²) in [6, 6.07) is 9.55. The van der Waals surface area contributed by atoms with E-state index in [0.29, 0.717) is 44.6 Å². The van der Waals surface area contributed by atoms with Crippen molar-refractivity contribution in [3.63, 3.8) is 0 Å². The number of alkyl halides is 1. The molecule has 7 rings (SSSR count). The Balaban J connectivity index is 1.23. The van der Waals surface area contributed by atoms with Gasteiger partial charge in [-0.05, 0) is 54.7 Å². The molecule has 9 nitrogen and oxygen atoms in total. The SMILES string of the molecule is O=C1CCC(N2Cc3cc(-c4cc(CN5CCC(F)CC5)c5ccn(C6COC6)c5n4)ccc3C2=O)C(=O)N1. The molecule has 0 spiro atoms. The van der Waals surface area contributed by atoms with Crippen LogP contribution in [0.15, 0.2) is 36.5 Å². The molecule has 3 fully saturated rings. The van der Waals surface area contributed by atoms with Gasteiger partial charge in [0.2, 0.25) is 11.8 Å². The standard InChI is InChI=1S/C29H30FN5O4/c30-20-5-8-33(9-6-20)13-19-12-24(31-27-22(19)7-10-34(27)21-15-39-16-21)17-1-2-23-18(11-17)14-35(29(23)38)25-3-4-26(36)32-28(25)37/h1-2,7,10-12,20-21,25H,3-6,8-9,13-16H2,(H,32,36,37). The van der Waals surface area contributed by atoms with E-state index in [1.165, 1.54) is 0 Å². The molecule has 4 aliphatic rings. The van der Waals surface area contributed by atoms with Crippen LogP contribution < -0.4 is 5.32 Å². The average molecular weight is 532 g/mol. The average Bonchev–Trinajstić information content (AvgIpc) is 3.45. The maximum Gasteiger partial charge on any atom is 0.255 e. The number of ether oxygens (including phenoxy) is 1. The molecule has 0 aliphatic carbocycles. The minimum atomic E-state index is -0.720. The third-order valence-corrected chi connectivity index (χ3v) is 8.51. The number of hydrogen-bond donors (Lipinski definition) is 1. The normalized spacial score (nSPS) is 22.8. The minimum Gasteiger partial charge on any atom is -0.377 e. The zero-order valence-electron chi connectivity index (χ0n) is 21.6. The lowest BCUT2D eigenvalue weighted by atomic mass is 10.0. The fourth-order valence-corrected chi connectivity index (χ4v) is 6.19. The Labute approximate surface area is 224 Å². The van der Waals surface area contributed by atoms with Crippen LogP contribution in [-0.2, 0) is 27.4 Å². The van der Waals surface area contributed by atoms with E-state index in [1.54, 1.807) is 4.90 Å². The van der Waals surface area contributed by atoms with Crippen molar-refractivity contribution in [2.45, 2.75) is 57.0 Å². The summed E-state index contributed by atoms with van der Waals surface area (Å²) in [6.07, 6.45) is 3.03. The second kappa shape index (κ2) is 9.53. The predicted molar refractivity (Wildman–Crippen MR) is 140 cm³/mol. The van der Waals surface area contributed by atoms with Crippen LogP contribution in [0.2, 0.25) is 0 Å². The van der Waals surface area contributed by atoms with Gasteiger partial charge in [0, 0.05) is 55.3 Å². The van der Waals surface area contributed by atoms with E-state index in [0.717, 1.165) is 53.1 Å². The smallest absolute Gasteiger partial charge is 0.255 e. The Kier molecular flexibility index (Phi) is 5.97. The number of nitrogens with one attached hydrogen (secondary N) is 1. The van der Waals surface area contributed by atoms with Gasteiger partial charge in [-0.2, -0.15) is 0 Å². The molecule has 0 radical (unpaired) electrons. The number of pyridine rings is 1. The fraction of sp³-hybridized carbons (Fsp3) is 0.448. The van der Waals surface area contributed by atoms with Crippen molar-refractivity contribution in [1.29, 1.82) is 0 Å². The van der Waals surface area contributed by atoms with Gasteiger partial charge in [0.15, 0.2) is 0 Å². The third kappa shape index (κ3) is 4.31. The Morgan fingerprint density at radius 2 is 1.87 bits per heavy atom. The molecule has 1 aromatic carbocycles. The molecule has 3 saturated heterocycles. The van der Waals surface area contributed by atoms with Crippen molar-refractivity contribution in [3.8, 4) is 11.3 Å². The summed E-state index contributed by atoms with van der Waals surface area (Å²) in [5.41, 5.74) is 5.18. The summed E-state index contributed by atoms with van der Waals surface area (Å²) in [5, 5.41) is 3.44. The zero-order valence-corrected chi connectivity index (χ0v) is 21.6. The number of rotatable bonds is 5. The third-order valence-electron chi connectivity index (χ3n) is 8.51. The molecule has 10 heteroatoms. The van der Waals surface area contributed by atoms with Crippen LogP contribution in [-0.4, -0.2) is 75.6 Å². The molecule has 1 N–H and O–H groups in total. The summed E-state index contributed by atoms with van der Waals surface area (Å²) in [4.78, 5) is 46.1. The number of nitrogens with zero attached hydrogens (tertiary/aromatic N) is 4. The maximum absolute atomic E-state index is 13.8. The number of imide groups is 1. The molecule has 1 unspecified atom stereocenters. The highest BCUT2D eigenvalue weighted by Crippen LogP contribution is 2.34. The van der Waals surface area contributed by atoms with E-state index in [2.05, 4.69) is 33.1 Å². The van der Waals surface area contributed by atoms with Gasteiger partial charge in [-0.3, -0.25) is 24.6 Å². The minimum absolute atomic E-state index is 0.190. The predicted octanol–water partition coefficient (Wildman–Crippen LogP) is 2.97. The van der Waals surface area contributed by atoms with Crippen LogP contribution in [0.25, 0.3) is 22.3 Å². The van der Waals surface area contributed by atoms with Crippen LogP contribution in [0.1, 0.15) is 53.2 Å². The molecule has 2 aromatic heterocycles. The van der Waals surface area contributed by atoms with E-state index < -0.39 is 18.1 Å². The van der Waals surface area contributed by atoms with Gasteiger partial charge in [0.05, 0.1) is 24.9 Å². The second-order valence-corrected chi connectivity index (χ2v) is 11.0. The Morgan fingerprint density at radius 1 is 1.05 bits per heavy atom. The lowest BCUT2D eigenvalue weighted by Gasteiger charge is -2.29. The van der Waals surface area contributed by atoms with Gasteiger partial charge in [0.25, 0.3) is 5.91 Å². The van der Waals surface area contributed by atoms with E-state index in [-0.39, 0.29) is 24.3 Å². The van der Waals surface area contributed by atoms with Crippen molar-refractivity contribution < 1.29 is 23.5 Å². The first kappa shape index (κ1) is 24.4. The number of halogens is 1. The summed E-state index contributed by atoms with van der Waals surface area (Å²) >= 11 is 0. The topological polar surface area (TPSA) is 96.8 Å². The van der Waals surface area contributed by atoms with Gasteiger partial charge < -0.3 is 14.2 Å². The monoisotopic (exact) mass is 531 g/mol. The van der Waals surface area contributed by atoms with E-state index in [1.807, 2.05) is 18.2 Å². The van der Waals surface area contributed by atoms with Gasteiger partial charge in [-0.1, -0.05) is 6.07 Å². The number of hydrogen-bond acceptors (Lipinski definition) is 6. The van der Waals surface area contributed by atoms with Crippen molar-refractivity contribution in [3.05, 3.63) is 53.2 Å². The molecule has 0 saturated carbocycles. The summed E-state index contributed by atoms with van der Waals surface area (Å²) < 4.78 is 21.4. The van der Waals surface area contributed by atoms with E-state index >= 15 is 0 Å². The van der Waals surface area contributed by atoms with Crippen LogP contribution in [0.5, 0.6) is 0 Å². The van der Waals surface area contributed by atoms with Gasteiger partial charge in [-0.25, -0.2) is 9.37 Å². The second-order valence-electron chi connectivity index (χ2n) is 11.0. The fourth-order valence-electron chi connectivity index (χ4n) is 6.19. The highest BCUT2D eigenvalue weighted by Gasteiger charge is 2.39. The van der Waals surface area contributed by atoms with Crippen LogP contribution >= 0.6 is 0 Å².